The molecule has 0 aromatic heterocycles. The second kappa shape index (κ2) is 2.93. The van der Waals surface area contributed by atoms with E-state index in [9.17, 15) is 0 Å². The molecule has 0 amide bonds. The van der Waals surface area contributed by atoms with Crippen LogP contribution in [0.5, 0.6) is 0 Å². The zero-order valence-electron chi connectivity index (χ0n) is 7.93. The van der Waals surface area contributed by atoms with Gasteiger partial charge in [0.15, 0.2) is 0 Å². The number of aryl methyl sites for hydroxylation is 2. The van der Waals surface area contributed by atoms with Gasteiger partial charge in [-0.2, -0.15) is 0 Å². The summed E-state index contributed by atoms with van der Waals surface area (Å²) in [7, 11) is 0. The van der Waals surface area contributed by atoms with Crippen molar-refractivity contribution in [1.82, 2.24) is 0 Å². The van der Waals surface area contributed by atoms with Crippen LogP contribution in [0, 0.1) is 6.92 Å². The molecule has 0 nitrogen and oxygen atoms in total. The fraction of sp³-hybridized carbons (Fsp3) is 0.500. The molecule has 0 aliphatic heterocycles. The smallest absolute Gasteiger partial charge is 0.0185 e. The summed E-state index contributed by atoms with van der Waals surface area (Å²) < 4.78 is 0. The van der Waals surface area contributed by atoms with Crippen LogP contribution in [0.1, 0.15) is 42.4 Å². The maximum atomic E-state index is 2.35. The molecule has 0 heterocycles. The van der Waals surface area contributed by atoms with Crippen molar-refractivity contribution in [2.45, 2.75) is 39.0 Å². The summed E-state index contributed by atoms with van der Waals surface area (Å²) in [5.41, 5.74) is 4.71. The number of rotatable bonds is 0. The molecule has 1 atom stereocenters. The van der Waals surface area contributed by atoms with Gasteiger partial charge in [0.05, 0.1) is 0 Å². The highest BCUT2D eigenvalue weighted by atomic mass is 14.2. The summed E-state index contributed by atoms with van der Waals surface area (Å²) in [6.45, 7) is 4.59. The second-order valence-corrected chi connectivity index (χ2v) is 3.94. The van der Waals surface area contributed by atoms with E-state index >= 15 is 0 Å². The molecule has 0 spiro atoms. The predicted octanol–water partition coefficient (Wildman–Crippen LogP) is 3.43. The van der Waals surface area contributed by atoms with Crippen LogP contribution in [0.2, 0.25) is 0 Å². The highest BCUT2D eigenvalue weighted by Gasteiger charge is 2.17. The fourth-order valence-electron chi connectivity index (χ4n) is 2.41. The second-order valence-electron chi connectivity index (χ2n) is 3.94. The first-order valence-corrected chi connectivity index (χ1v) is 4.87. The Morgan fingerprint density at radius 1 is 1.33 bits per heavy atom. The molecule has 1 aliphatic rings. The third-order valence-corrected chi connectivity index (χ3v) is 2.99. The first-order valence-electron chi connectivity index (χ1n) is 4.87. The summed E-state index contributed by atoms with van der Waals surface area (Å²) in [6.07, 6.45) is 4.04. The van der Waals surface area contributed by atoms with Crippen molar-refractivity contribution in [3.05, 3.63) is 34.9 Å². The van der Waals surface area contributed by atoms with Crippen molar-refractivity contribution in [2.24, 2.45) is 0 Å². The Morgan fingerprint density at radius 3 is 2.92 bits per heavy atom. The van der Waals surface area contributed by atoms with Crippen molar-refractivity contribution in [2.75, 3.05) is 0 Å². The number of benzene rings is 1. The van der Waals surface area contributed by atoms with Gasteiger partial charge >= 0.3 is 0 Å². The maximum Gasteiger partial charge on any atom is -0.0185 e. The Morgan fingerprint density at radius 2 is 2.17 bits per heavy atom. The molecule has 12 heavy (non-hydrogen) atoms. The van der Waals surface area contributed by atoms with Crippen LogP contribution in [0.3, 0.4) is 0 Å². The van der Waals surface area contributed by atoms with Crippen LogP contribution in [-0.2, 0) is 6.42 Å². The Labute approximate surface area is 74.6 Å². The van der Waals surface area contributed by atoms with Gasteiger partial charge in [0.25, 0.3) is 0 Å². The highest BCUT2D eigenvalue weighted by Crippen LogP contribution is 2.32. The zero-order chi connectivity index (χ0) is 8.55. The minimum Gasteiger partial charge on any atom is -0.0617 e. The molecule has 1 aromatic rings. The maximum absolute atomic E-state index is 2.35. The topological polar surface area (TPSA) is 0 Å². The lowest BCUT2D eigenvalue weighted by molar-refractivity contribution is 0.587. The van der Waals surface area contributed by atoms with Crippen molar-refractivity contribution in [3.63, 3.8) is 0 Å². The standard InChI is InChI=1S/C12H16/c1-9-5-3-7-11-8-4-6-10(2)12(9)11/h3,5,7,10H,4,6,8H2,1-2H3/t10-/m0/s1. The van der Waals surface area contributed by atoms with Gasteiger partial charge in [-0.25, -0.2) is 0 Å². The van der Waals surface area contributed by atoms with Gasteiger partial charge in [0.1, 0.15) is 0 Å². The van der Waals surface area contributed by atoms with Crippen LogP contribution in [0.25, 0.3) is 0 Å². The lowest BCUT2D eigenvalue weighted by Gasteiger charge is -2.24. The van der Waals surface area contributed by atoms with E-state index in [1.165, 1.54) is 24.8 Å². The normalized spacial score (nSPS) is 22.0. The Balaban J connectivity index is 2.53. The number of hydrogen-bond donors (Lipinski definition) is 0. The van der Waals surface area contributed by atoms with Crippen molar-refractivity contribution in [1.29, 1.82) is 0 Å². The largest absolute Gasteiger partial charge is 0.0617 e. The van der Waals surface area contributed by atoms with Crippen LogP contribution in [-0.4, -0.2) is 0 Å². The van der Waals surface area contributed by atoms with Crippen molar-refractivity contribution < 1.29 is 0 Å². The monoisotopic (exact) mass is 160 g/mol. The van der Waals surface area contributed by atoms with E-state index in [-0.39, 0.29) is 0 Å². The van der Waals surface area contributed by atoms with E-state index in [1.807, 2.05) is 0 Å². The minimum atomic E-state index is 0.787. The SMILES string of the molecule is Cc1cccc2c1[C@@H](C)CCC2. The predicted molar refractivity (Wildman–Crippen MR) is 52.5 cm³/mol. The van der Waals surface area contributed by atoms with E-state index in [4.69, 9.17) is 0 Å². The Bertz CT molecular complexity index is 286. The van der Waals surface area contributed by atoms with Crippen LogP contribution in [0.15, 0.2) is 18.2 Å². The van der Waals surface area contributed by atoms with E-state index in [0.717, 1.165) is 5.92 Å². The molecule has 0 fully saturated rings. The lowest BCUT2D eigenvalue weighted by atomic mass is 9.82. The van der Waals surface area contributed by atoms with E-state index in [2.05, 4.69) is 32.0 Å². The molecule has 0 bridgehead atoms. The Kier molecular flexibility index (Phi) is 1.92. The van der Waals surface area contributed by atoms with E-state index in [0.29, 0.717) is 0 Å². The molecule has 0 unspecified atom stereocenters. The molecule has 0 saturated heterocycles. The van der Waals surface area contributed by atoms with Gasteiger partial charge in [0.2, 0.25) is 0 Å². The van der Waals surface area contributed by atoms with Gasteiger partial charge in [-0.3, -0.25) is 0 Å². The number of hydrogen-bond acceptors (Lipinski definition) is 0. The van der Waals surface area contributed by atoms with Crippen molar-refractivity contribution in [3.8, 4) is 0 Å². The van der Waals surface area contributed by atoms with Gasteiger partial charge < -0.3 is 0 Å². The van der Waals surface area contributed by atoms with Crippen LogP contribution >= 0.6 is 0 Å². The molecule has 64 valence electrons. The van der Waals surface area contributed by atoms with Crippen LogP contribution in [0.4, 0.5) is 0 Å². The number of fused-ring (bicyclic) bond motifs is 1. The van der Waals surface area contributed by atoms with E-state index < -0.39 is 0 Å². The van der Waals surface area contributed by atoms with Gasteiger partial charge in [-0.05, 0) is 48.8 Å². The highest BCUT2D eigenvalue weighted by molar-refractivity contribution is 5.38. The molecule has 1 aliphatic carbocycles. The summed E-state index contributed by atoms with van der Waals surface area (Å²) in [4.78, 5) is 0. The molecule has 2 rings (SSSR count). The average Bonchev–Trinajstić information content (AvgIpc) is 2.04. The van der Waals surface area contributed by atoms with Gasteiger partial charge in [-0.15, -0.1) is 0 Å². The summed E-state index contributed by atoms with van der Waals surface area (Å²) >= 11 is 0. The first kappa shape index (κ1) is 7.85. The molecular weight excluding hydrogens is 144 g/mol. The quantitative estimate of drug-likeness (QED) is 0.545. The van der Waals surface area contributed by atoms with Gasteiger partial charge in [-0.1, -0.05) is 25.1 Å². The van der Waals surface area contributed by atoms with Gasteiger partial charge in [0, 0.05) is 0 Å². The molecule has 0 N–H and O–H groups in total. The van der Waals surface area contributed by atoms with E-state index in [1.54, 1.807) is 11.1 Å². The summed E-state index contributed by atoms with van der Waals surface area (Å²) in [6, 6.07) is 6.71. The van der Waals surface area contributed by atoms with Crippen molar-refractivity contribution >= 4 is 0 Å². The lowest BCUT2D eigenvalue weighted by Crippen LogP contribution is -2.08. The third-order valence-electron chi connectivity index (χ3n) is 2.99. The fourth-order valence-corrected chi connectivity index (χ4v) is 2.41. The molecule has 0 radical (unpaired) electrons. The molecule has 0 saturated carbocycles. The molecule has 0 heteroatoms. The summed E-state index contributed by atoms with van der Waals surface area (Å²) in [5.74, 6) is 0.787. The third kappa shape index (κ3) is 1.16. The molecular formula is C12H16. The molecule has 1 aromatic carbocycles. The average molecular weight is 160 g/mol. The zero-order valence-corrected chi connectivity index (χ0v) is 7.93. The first-order chi connectivity index (χ1) is 5.79. The Hall–Kier alpha value is -0.780. The minimum absolute atomic E-state index is 0.787. The summed E-state index contributed by atoms with van der Waals surface area (Å²) in [5, 5.41) is 0. The van der Waals surface area contributed by atoms with Crippen LogP contribution < -0.4 is 0 Å².